The summed E-state index contributed by atoms with van der Waals surface area (Å²) in [6, 6.07) is 0.456. The van der Waals surface area contributed by atoms with E-state index in [4.69, 9.17) is 11.6 Å². The highest BCUT2D eigenvalue weighted by atomic mass is 35.5. The quantitative estimate of drug-likeness (QED) is 0.807. The number of alkyl halides is 1. The van der Waals surface area contributed by atoms with Gasteiger partial charge < -0.3 is 10.0 Å². The number of aliphatic hydroxyl groups is 1. The highest BCUT2D eigenvalue weighted by molar-refractivity contribution is 7.09. The molecule has 0 radical (unpaired) electrons. The van der Waals surface area contributed by atoms with Gasteiger partial charge in [-0.25, -0.2) is 4.98 Å². The fraction of sp³-hybridized carbons (Fsp3) is 0.769. The zero-order chi connectivity index (χ0) is 13.8. The van der Waals surface area contributed by atoms with Crippen LogP contribution in [0.5, 0.6) is 0 Å². The van der Waals surface area contributed by atoms with Gasteiger partial charge in [-0.3, -0.25) is 4.90 Å². The van der Waals surface area contributed by atoms with E-state index in [9.17, 15) is 5.11 Å². The first-order valence-corrected chi connectivity index (χ1v) is 8.06. The van der Waals surface area contributed by atoms with E-state index in [1.807, 2.05) is 5.38 Å². The smallest absolute Gasteiger partial charge is 0.0941 e. The van der Waals surface area contributed by atoms with Crippen LogP contribution in [0.25, 0.3) is 0 Å². The zero-order valence-electron chi connectivity index (χ0n) is 11.5. The van der Waals surface area contributed by atoms with Gasteiger partial charge in [-0.05, 0) is 20.5 Å². The molecule has 1 aromatic heterocycles. The van der Waals surface area contributed by atoms with Crippen LogP contribution in [0.2, 0.25) is 0 Å². The van der Waals surface area contributed by atoms with E-state index in [1.54, 1.807) is 11.3 Å². The Kier molecular flexibility index (Phi) is 5.59. The summed E-state index contributed by atoms with van der Waals surface area (Å²) in [7, 11) is 4.16. The van der Waals surface area contributed by atoms with Crippen LogP contribution >= 0.6 is 22.9 Å². The second-order valence-corrected chi connectivity index (χ2v) is 6.63. The molecule has 108 valence electrons. The largest absolute Gasteiger partial charge is 0.392 e. The number of aliphatic hydroxyl groups excluding tert-OH is 1. The number of halogens is 1. The molecule has 0 amide bonds. The van der Waals surface area contributed by atoms with E-state index in [2.05, 4.69) is 28.9 Å². The number of likely N-dealkylation sites (tertiary alicyclic amines) is 1. The zero-order valence-corrected chi connectivity index (χ0v) is 13.1. The summed E-state index contributed by atoms with van der Waals surface area (Å²) in [4.78, 5) is 9.05. The summed E-state index contributed by atoms with van der Waals surface area (Å²) in [5, 5.41) is 13.0. The van der Waals surface area contributed by atoms with Crippen molar-refractivity contribution in [3.8, 4) is 0 Å². The van der Waals surface area contributed by atoms with Crippen molar-refractivity contribution < 1.29 is 5.11 Å². The van der Waals surface area contributed by atoms with Gasteiger partial charge >= 0.3 is 0 Å². The molecular formula is C13H22ClN3OS. The van der Waals surface area contributed by atoms with Crippen LogP contribution < -0.4 is 0 Å². The molecule has 0 bridgehead atoms. The molecule has 0 saturated carbocycles. The van der Waals surface area contributed by atoms with Crippen LogP contribution in [-0.4, -0.2) is 65.8 Å². The lowest BCUT2D eigenvalue weighted by molar-refractivity contribution is 0.173. The first-order valence-electron chi connectivity index (χ1n) is 6.64. The summed E-state index contributed by atoms with van der Waals surface area (Å²) < 4.78 is 0. The predicted octanol–water partition coefficient (Wildman–Crippen LogP) is 1.42. The van der Waals surface area contributed by atoms with Gasteiger partial charge in [0.25, 0.3) is 0 Å². The van der Waals surface area contributed by atoms with E-state index in [1.165, 1.54) is 0 Å². The number of aromatic nitrogens is 1. The van der Waals surface area contributed by atoms with E-state index in [0.29, 0.717) is 11.9 Å². The molecule has 1 saturated heterocycles. The predicted molar refractivity (Wildman–Crippen MR) is 79.9 cm³/mol. The van der Waals surface area contributed by atoms with Gasteiger partial charge in [0.05, 0.1) is 22.7 Å². The molecule has 1 fully saturated rings. The molecule has 19 heavy (non-hydrogen) atoms. The van der Waals surface area contributed by atoms with E-state index in [-0.39, 0.29) is 6.10 Å². The van der Waals surface area contributed by atoms with Crippen molar-refractivity contribution in [1.29, 1.82) is 0 Å². The van der Waals surface area contributed by atoms with Crippen molar-refractivity contribution in [1.82, 2.24) is 14.8 Å². The molecule has 2 rings (SSSR count). The van der Waals surface area contributed by atoms with Crippen molar-refractivity contribution in [2.24, 2.45) is 0 Å². The SMILES string of the molecule is CN(C)CC1CC(O)CN1CCc1nc(CCl)cs1. The maximum absolute atomic E-state index is 9.83. The third-order valence-electron chi connectivity index (χ3n) is 3.43. The van der Waals surface area contributed by atoms with Crippen LogP contribution in [0.4, 0.5) is 0 Å². The van der Waals surface area contributed by atoms with E-state index in [0.717, 1.165) is 43.2 Å². The monoisotopic (exact) mass is 303 g/mol. The number of nitrogens with zero attached hydrogens (tertiary/aromatic N) is 3. The van der Waals surface area contributed by atoms with Gasteiger partial charge in [-0.2, -0.15) is 0 Å². The van der Waals surface area contributed by atoms with E-state index >= 15 is 0 Å². The van der Waals surface area contributed by atoms with Gasteiger partial charge in [-0.1, -0.05) is 0 Å². The molecule has 2 unspecified atom stereocenters. The Bertz CT molecular complexity index is 399. The standard InChI is InChI=1S/C13H22ClN3OS/c1-16(2)7-11-5-12(18)8-17(11)4-3-13-15-10(6-14)9-19-13/h9,11-12,18H,3-8H2,1-2H3. The lowest BCUT2D eigenvalue weighted by Crippen LogP contribution is -2.38. The van der Waals surface area contributed by atoms with Gasteiger partial charge in [-0.15, -0.1) is 22.9 Å². The first kappa shape index (κ1) is 15.2. The highest BCUT2D eigenvalue weighted by Crippen LogP contribution is 2.20. The Morgan fingerprint density at radius 2 is 2.37 bits per heavy atom. The molecule has 1 N–H and O–H groups in total. The lowest BCUT2D eigenvalue weighted by Gasteiger charge is -2.26. The van der Waals surface area contributed by atoms with Crippen LogP contribution in [0.1, 0.15) is 17.1 Å². The first-order chi connectivity index (χ1) is 9.08. The van der Waals surface area contributed by atoms with Crippen LogP contribution in [0.15, 0.2) is 5.38 Å². The maximum Gasteiger partial charge on any atom is 0.0941 e. The van der Waals surface area contributed by atoms with Crippen molar-refractivity contribution in [2.75, 3.05) is 33.7 Å². The van der Waals surface area contributed by atoms with Crippen molar-refractivity contribution in [2.45, 2.75) is 30.9 Å². The lowest BCUT2D eigenvalue weighted by atomic mass is 10.2. The topological polar surface area (TPSA) is 39.6 Å². The summed E-state index contributed by atoms with van der Waals surface area (Å²) in [5.74, 6) is 0.488. The average molecular weight is 304 g/mol. The van der Waals surface area contributed by atoms with Crippen LogP contribution in [0.3, 0.4) is 0 Å². The third-order valence-corrected chi connectivity index (χ3v) is 4.66. The average Bonchev–Trinajstić information content (AvgIpc) is 2.92. The van der Waals surface area contributed by atoms with Crippen molar-refractivity contribution >= 4 is 22.9 Å². The normalized spacial score (nSPS) is 24.5. The van der Waals surface area contributed by atoms with Crippen LogP contribution in [0, 0.1) is 0 Å². The molecule has 1 aromatic rings. The summed E-state index contributed by atoms with van der Waals surface area (Å²) in [6.07, 6.45) is 1.64. The highest BCUT2D eigenvalue weighted by Gasteiger charge is 2.30. The van der Waals surface area contributed by atoms with Gasteiger partial charge in [0.15, 0.2) is 0 Å². The number of β-amino-alcohol motifs (C(OH)–C–C–N with tert-alkyl or cyclic N) is 1. The maximum atomic E-state index is 9.83. The molecule has 4 nitrogen and oxygen atoms in total. The van der Waals surface area contributed by atoms with Gasteiger partial charge in [0.1, 0.15) is 0 Å². The Morgan fingerprint density at radius 3 is 3.00 bits per heavy atom. The number of hydrogen-bond acceptors (Lipinski definition) is 5. The van der Waals surface area contributed by atoms with Gasteiger partial charge in [0, 0.05) is 37.5 Å². The molecule has 1 aliphatic heterocycles. The Balaban J connectivity index is 1.86. The number of rotatable bonds is 6. The molecular weight excluding hydrogens is 282 g/mol. The molecule has 2 atom stereocenters. The van der Waals surface area contributed by atoms with Crippen LogP contribution in [-0.2, 0) is 12.3 Å². The molecule has 1 aliphatic rings. The second kappa shape index (κ2) is 6.99. The van der Waals surface area contributed by atoms with E-state index < -0.39 is 0 Å². The number of likely N-dealkylation sites (N-methyl/N-ethyl adjacent to an activating group) is 1. The summed E-state index contributed by atoms with van der Waals surface area (Å²) in [5.41, 5.74) is 0.966. The molecule has 0 spiro atoms. The fourth-order valence-corrected chi connectivity index (χ4v) is 3.62. The minimum Gasteiger partial charge on any atom is -0.392 e. The van der Waals surface area contributed by atoms with Crippen molar-refractivity contribution in [3.63, 3.8) is 0 Å². The number of thiazole rings is 1. The number of hydrogen-bond donors (Lipinski definition) is 1. The molecule has 0 aliphatic carbocycles. The van der Waals surface area contributed by atoms with Crippen molar-refractivity contribution in [3.05, 3.63) is 16.1 Å². The van der Waals surface area contributed by atoms with Gasteiger partial charge in [0.2, 0.25) is 0 Å². The molecule has 2 heterocycles. The Labute approximate surface area is 124 Å². The Morgan fingerprint density at radius 1 is 1.58 bits per heavy atom. The second-order valence-electron chi connectivity index (χ2n) is 5.42. The summed E-state index contributed by atoms with van der Waals surface area (Å²) in [6.45, 7) is 2.75. The fourth-order valence-electron chi connectivity index (χ4n) is 2.61. The minimum absolute atomic E-state index is 0.181. The molecule has 0 aromatic carbocycles. The summed E-state index contributed by atoms with van der Waals surface area (Å²) >= 11 is 7.44. The molecule has 6 heteroatoms. The Hall–Kier alpha value is -0.200. The minimum atomic E-state index is -0.181. The third kappa shape index (κ3) is 4.39.